The zero-order chi connectivity index (χ0) is 39.9. The molecule has 0 spiro atoms. The van der Waals surface area contributed by atoms with Gasteiger partial charge in [-0.1, -0.05) is 0 Å². The second-order valence-electron chi connectivity index (χ2n) is 13.1. The quantitative estimate of drug-likeness (QED) is 0.0869. The molecule has 21 heteroatoms. The highest BCUT2D eigenvalue weighted by Gasteiger charge is 2.52. The first-order valence-corrected chi connectivity index (χ1v) is 16.9. The average Bonchev–Trinajstić information content (AvgIpc) is 3.17. The van der Waals surface area contributed by atoms with Gasteiger partial charge in [0.2, 0.25) is 12.6 Å². The van der Waals surface area contributed by atoms with Gasteiger partial charge in [0.15, 0.2) is 40.8 Å². The molecule has 15 unspecified atom stereocenters. The lowest BCUT2D eigenvalue weighted by molar-refractivity contribution is -0.357. The number of phenolic OH excluding ortho intramolecular Hbond substituents is 1. The molecule has 3 saturated heterocycles. The molecule has 1 aromatic rings. The summed E-state index contributed by atoms with van der Waals surface area (Å²) in [4.78, 5) is 12.9. The Bertz CT molecular complexity index is 1780. The van der Waals surface area contributed by atoms with Crippen LogP contribution >= 0.6 is 0 Å². The summed E-state index contributed by atoms with van der Waals surface area (Å²) < 4.78 is 45.8. The van der Waals surface area contributed by atoms with Crippen LogP contribution in [0.2, 0.25) is 0 Å². The number of methoxy groups -OCH3 is 1. The first-order chi connectivity index (χ1) is 26.2. The molecule has 0 aromatic heterocycles. The Balaban J connectivity index is 1.45. The number of rotatable bonds is 11. The second kappa shape index (κ2) is 16.8. The minimum atomic E-state index is -1.96. The highest BCUT2D eigenvalue weighted by atomic mass is 16.8. The lowest BCUT2D eigenvalue weighted by atomic mass is 9.97. The third kappa shape index (κ3) is 7.96. The van der Waals surface area contributed by atoms with E-state index in [0.29, 0.717) is 0 Å². The van der Waals surface area contributed by atoms with E-state index < -0.39 is 117 Å². The van der Waals surface area contributed by atoms with E-state index in [1.807, 2.05) is 0 Å². The van der Waals surface area contributed by atoms with Crippen LogP contribution in [0.3, 0.4) is 0 Å². The van der Waals surface area contributed by atoms with Crippen LogP contribution in [0.1, 0.15) is 0 Å². The van der Waals surface area contributed by atoms with Crippen molar-refractivity contribution in [2.75, 3.05) is 26.9 Å². The molecule has 55 heavy (non-hydrogen) atoms. The summed E-state index contributed by atoms with van der Waals surface area (Å²) in [6.45, 7) is -2.44. The van der Waals surface area contributed by atoms with E-state index in [0.717, 1.165) is 12.1 Å². The summed E-state index contributed by atoms with van der Waals surface area (Å²) in [7, 11) is 1.28. The van der Waals surface area contributed by atoms with Gasteiger partial charge in [-0.05, 0) is 24.3 Å². The van der Waals surface area contributed by atoms with Gasteiger partial charge in [-0.2, -0.15) is 0 Å². The molecule has 0 bridgehead atoms. The van der Waals surface area contributed by atoms with E-state index >= 15 is 0 Å². The van der Waals surface area contributed by atoms with Crippen molar-refractivity contribution >= 4 is 0 Å². The molecule has 5 aliphatic rings. The lowest BCUT2D eigenvalue weighted by Gasteiger charge is -2.45. The fourth-order valence-corrected chi connectivity index (χ4v) is 6.41. The molecule has 4 heterocycles. The summed E-state index contributed by atoms with van der Waals surface area (Å²) >= 11 is 0. The van der Waals surface area contributed by atoms with Crippen molar-refractivity contribution in [3.8, 4) is 45.6 Å². The molecule has 1 aromatic carbocycles. The standard InChI is InChI=1S/C34H42O21/c1-48-17-4-11(2-3-14(17)39)30-18(7-13-15(49-30)5-12(38)6-16(13)50-32-28(46)25(43)22(40)19(8-35)52-32)51-34-31(27(45)24(42)21(10-37)54-34)55-33-29(47)26(44)23(41)20(9-36)53-33/h2-7,19-29,31-37,39-47H,8-10H2,1H3. The third-order valence-electron chi connectivity index (χ3n) is 9.53. The van der Waals surface area contributed by atoms with Gasteiger partial charge in [0.1, 0.15) is 78.7 Å². The van der Waals surface area contributed by atoms with Crippen molar-refractivity contribution in [1.82, 2.24) is 0 Å². The Kier molecular flexibility index (Phi) is 12.5. The number of ether oxygens (including phenoxy) is 7. The average molecular weight is 787 g/mol. The largest absolute Gasteiger partial charge is 0.504 e. The van der Waals surface area contributed by atoms with E-state index in [9.17, 15) is 66.1 Å². The Morgan fingerprint density at radius 1 is 0.600 bits per heavy atom. The highest BCUT2D eigenvalue weighted by molar-refractivity contribution is 5.76. The molecule has 0 amide bonds. The molecule has 304 valence electrons. The van der Waals surface area contributed by atoms with E-state index in [2.05, 4.69) is 0 Å². The minimum Gasteiger partial charge on any atom is -0.504 e. The summed E-state index contributed by atoms with van der Waals surface area (Å²) in [5.41, 5.74) is -0.575. The van der Waals surface area contributed by atoms with Gasteiger partial charge in [0.25, 0.3) is 0 Å². The van der Waals surface area contributed by atoms with Gasteiger partial charge in [-0.25, -0.2) is 0 Å². The van der Waals surface area contributed by atoms with Crippen molar-refractivity contribution in [2.45, 2.75) is 92.1 Å². The molecule has 0 radical (unpaired) electrons. The van der Waals surface area contributed by atoms with Crippen LogP contribution in [0.5, 0.6) is 23.0 Å². The Morgan fingerprint density at radius 3 is 1.75 bits per heavy atom. The molecule has 6 rings (SSSR count). The molecule has 3 fully saturated rings. The normalized spacial score (nSPS) is 36.8. The number of aliphatic hydroxyl groups excluding tert-OH is 11. The van der Waals surface area contributed by atoms with Crippen LogP contribution in [0.15, 0.2) is 45.6 Å². The zero-order valence-electron chi connectivity index (χ0n) is 28.8. The Hall–Kier alpha value is -3.75. The third-order valence-corrected chi connectivity index (χ3v) is 9.53. The zero-order valence-corrected chi connectivity index (χ0v) is 28.8. The van der Waals surface area contributed by atoms with Crippen LogP contribution in [0.4, 0.5) is 0 Å². The molecule has 21 nitrogen and oxygen atoms in total. The number of fused-ring (bicyclic) bond motifs is 1. The van der Waals surface area contributed by atoms with Gasteiger partial charge >= 0.3 is 0 Å². The monoisotopic (exact) mass is 786 g/mol. The van der Waals surface area contributed by atoms with E-state index in [1.165, 1.54) is 31.4 Å². The smallest absolute Gasteiger partial charge is 0.229 e. The Labute approximate surface area is 310 Å². The summed E-state index contributed by atoms with van der Waals surface area (Å²) in [6, 6.07) is 7.23. The van der Waals surface area contributed by atoms with Crippen molar-refractivity contribution in [1.29, 1.82) is 0 Å². The maximum Gasteiger partial charge on any atom is 0.229 e. The number of hydrogen-bond donors (Lipinski definition) is 12. The molecular formula is C34H42O21. The number of benzene rings is 2. The summed E-state index contributed by atoms with van der Waals surface area (Å²) in [5, 5.41) is 124. The highest BCUT2D eigenvalue weighted by Crippen LogP contribution is 2.44. The lowest BCUT2D eigenvalue weighted by Crippen LogP contribution is -2.65. The fourth-order valence-electron chi connectivity index (χ4n) is 6.41. The first kappa shape index (κ1) is 40.9. The van der Waals surface area contributed by atoms with Crippen molar-refractivity contribution in [2.24, 2.45) is 0 Å². The summed E-state index contributed by atoms with van der Waals surface area (Å²) in [6.07, 6.45) is -26.4. The number of hydrogen-bond acceptors (Lipinski definition) is 21. The van der Waals surface area contributed by atoms with Crippen molar-refractivity contribution < 1.29 is 98.9 Å². The van der Waals surface area contributed by atoms with E-state index in [-0.39, 0.29) is 45.6 Å². The van der Waals surface area contributed by atoms with Crippen LogP contribution in [-0.2, 0) is 18.9 Å². The van der Waals surface area contributed by atoms with Gasteiger partial charge in [0.05, 0.1) is 32.5 Å². The molecule has 15 atom stereocenters. The summed E-state index contributed by atoms with van der Waals surface area (Å²) in [5.74, 6) is -1.27. The van der Waals surface area contributed by atoms with Crippen molar-refractivity contribution in [3.05, 3.63) is 46.6 Å². The van der Waals surface area contributed by atoms with Gasteiger partial charge in [-0.15, -0.1) is 0 Å². The Morgan fingerprint density at radius 2 is 1.15 bits per heavy atom. The second-order valence-corrected chi connectivity index (χ2v) is 13.1. The topological polar surface area (TPSA) is 338 Å². The molecule has 1 aliphatic carbocycles. The van der Waals surface area contributed by atoms with Crippen LogP contribution in [0.25, 0.3) is 22.6 Å². The number of phenols is 1. The molecule has 0 saturated carbocycles. The SMILES string of the molecule is COc1cc(-c2oc3cc(=O)cc(OC4OC(CO)C(O)C(O)C4O)c-3cc2OC2OC(CO)C(O)C(O)C2OC2OC(CO)C(O)C(O)C2O)ccc1O. The van der Waals surface area contributed by atoms with Gasteiger partial charge in [-0.3, -0.25) is 4.79 Å². The fraction of sp³-hybridized carbons (Fsp3) is 0.559. The molecule has 12 N–H and O–H groups in total. The predicted octanol–water partition coefficient (Wildman–Crippen LogP) is -4.69. The maximum absolute atomic E-state index is 12.9. The van der Waals surface area contributed by atoms with Crippen LogP contribution in [0, 0.1) is 0 Å². The first-order valence-electron chi connectivity index (χ1n) is 16.9. The van der Waals surface area contributed by atoms with Gasteiger partial charge < -0.3 is 98.9 Å². The maximum atomic E-state index is 12.9. The van der Waals surface area contributed by atoms with Crippen LogP contribution < -0.4 is 19.6 Å². The molecular weight excluding hydrogens is 744 g/mol. The molecule has 4 aliphatic heterocycles. The number of aromatic hydroxyl groups is 1. The van der Waals surface area contributed by atoms with E-state index in [1.54, 1.807) is 0 Å². The van der Waals surface area contributed by atoms with E-state index in [4.69, 9.17) is 37.6 Å². The number of aliphatic hydroxyl groups is 11. The van der Waals surface area contributed by atoms with Gasteiger partial charge in [0, 0.05) is 17.7 Å². The predicted molar refractivity (Wildman–Crippen MR) is 177 cm³/mol. The van der Waals surface area contributed by atoms with Crippen molar-refractivity contribution in [3.63, 3.8) is 0 Å². The minimum absolute atomic E-state index is 0.0282. The van der Waals surface area contributed by atoms with Crippen LogP contribution in [-0.4, -0.2) is 180 Å².